The number of aliphatic hydroxyl groups is 1. The largest absolute Gasteiger partial charge is 0.393 e. The normalized spacial score (nSPS) is 13.8. The molecule has 1 unspecified atom stereocenters. The van der Waals surface area contributed by atoms with Crippen LogP contribution in [0.25, 0.3) is 10.9 Å². The van der Waals surface area contributed by atoms with Gasteiger partial charge in [0.2, 0.25) is 0 Å². The highest BCUT2D eigenvalue weighted by atomic mass is 16.3. The Balaban J connectivity index is 2.07. The minimum absolute atomic E-state index is 0.0369. The van der Waals surface area contributed by atoms with Gasteiger partial charge in [-0.05, 0) is 37.7 Å². The summed E-state index contributed by atoms with van der Waals surface area (Å²) in [6.45, 7) is 9.26. The second kappa shape index (κ2) is 5.96. The second-order valence-electron chi connectivity index (χ2n) is 6.55. The lowest BCUT2D eigenvalue weighted by Gasteiger charge is -2.25. The van der Waals surface area contributed by atoms with Gasteiger partial charge in [-0.2, -0.15) is 5.10 Å². The fraction of sp³-hybridized carbons (Fsp3) is 0.588. The zero-order valence-corrected chi connectivity index (χ0v) is 13.1. The van der Waals surface area contributed by atoms with Crippen LogP contribution >= 0.6 is 0 Å². The number of benzene rings is 1. The van der Waals surface area contributed by atoms with Gasteiger partial charge >= 0.3 is 0 Å². The van der Waals surface area contributed by atoms with Crippen molar-refractivity contribution < 1.29 is 5.11 Å². The Morgan fingerprint density at radius 2 is 1.95 bits per heavy atom. The Kier molecular flexibility index (Phi) is 4.48. The third kappa shape index (κ3) is 3.21. The van der Waals surface area contributed by atoms with Crippen molar-refractivity contribution >= 4 is 10.9 Å². The Labute approximate surface area is 121 Å². The summed E-state index contributed by atoms with van der Waals surface area (Å²) in [5.74, 6) is 0. The van der Waals surface area contributed by atoms with Gasteiger partial charge in [0.1, 0.15) is 0 Å². The lowest BCUT2D eigenvalue weighted by Crippen LogP contribution is -2.25. The molecular formula is C17H26N2O. The van der Waals surface area contributed by atoms with E-state index in [2.05, 4.69) is 56.6 Å². The van der Waals surface area contributed by atoms with Gasteiger partial charge in [0, 0.05) is 11.9 Å². The molecule has 0 amide bonds. The number of rotatable bonds is 5. The van der Waals surface area contributed by atoms with Crippen LogP contribution in [-0.4, -0.2) is 21.0 Å². The molecule has 0 saturated carbocycles. The molecule has 1 atom stereocenters. The van der Waals surface area contributed by atoms with Crippen molar-refractivity contribution in [3.05, 3.63) is 30.0 Å². The van der Waals surface area contributed by atoms with Crippen LogP contribution in [0.4, 0.5) is 0 Å². The fourth-order valence-corrected chi connectivity index (χ4v) is 2.52. The van der Waals surface area contributed by atoms with Crippen LogP contribution in [0.1, 0.15) is 46.2 Å². The third-order valence-corrected chi connectivity index (χ3v) is 3.92. The fourth-order valence-electron chi connectivity index (χ4n) is 2.52. The molecule has 3 nitrogen and oxygen atoms in total. The molecule has 1 aromatic heterocycles. The Hall–Kier alpha value is -1.35. The molecule has 0 aliphatic rings. The minimum Gasteiger partial charge on any atom is -0.393 e. The van der Waals surface area contributed by atoms with Gasteiger partial charge in [-0.1, -0.05) is 39.0 Å². The van der Waals surface area contributed by atoms with E-state index in [4.69, 9.17) is 5.10 Å². The van der Waals surface area contributed by atoms with E-state index < -0.39 is 0 Å². The maximum Gasteiger partial charge on any atom is 0.0703 e. The van der Waals surface area contributed by atoms with E-state index >= 15 is 0 Å². The monoisotopic (exact) mass is 274 g/mol. The van der Waals surface area contributed by atoms with Gasteiger partial charge in [-0.25, -0.2) is 0 Å². The summed E-state index contributed by atoms with van der Waals surface area (Å²) in [4.78, 5) is 0. The second-order valence-corrected chi connectivity index (χ2v) is 6.55. The number of aliphatic hydroxyl groups excluding tert-OH is 1. The van der Waals surface area contributed by atoms with Crippen molar-refractivity contribution in [1.29, 1.82) is 0 Å². The predicted molar refractivity (Wildman–Crippen MR) is 83.8 cm³/mol. The molecule has 0 bridgehead atoms. The molecule has 1 aromatic carbocycles. The molecule has 0 spiro atoms. The molecule has 110 valence electrons. The topological polar surface area (TPSA) is 38.0 Å². The van der Waals surface area contributed by atoms with Crippen LogP contribution in [0.2, 0.25) is 0 Å². The Bertz CT molecular complexity index is 566. The molecule has 0 radical (unpaired) electrons. The van der Waals surface area contributed by atoms with Gasteiger partial charge < -0.3 is 5.11 Å². The van der Waals surface area contributed by atoms with E-state index in [-0.39, 0.29) is 11.5 Å². The highest BCUT2D eigenvalue weighted by Crippen LogP contribution is 2.25. The first-order valence-corrected chi connectivity index (χ1v) is 7.56. The predicted octanol–water partition coefficient (Wildman–Crippen LogP) is 3.79. The van der Waals surface area contributed by atoms with E-state index in [1.807, 2.05) is 0 Å². The van der Waals surface area contributed by atoms with Crippen molar-refractivity contribution in [3.8, 4) is 0 Å². The molecule has 0 aliphatic carbocycles. The number of fused-ring (bicyclic) bond motifs is 1. The summed E-state index contributed by atoms with van der Waals surface area (Å²) in [6.07, 6.45) is 2.49. The van der Waals surface area contributed by atoms with Crippen LogP contribution in [-0.2, 0) is 13.0 Å². The van der Waals surface area contributed by atoms with E-state index in [9.17, 15) is 5.11 Å². The van der Waals surface area contributed by atoms with Crippen LogP contribution in [0.15, 0.2) is 24.3 Å². The van der Waals surface area contributed by atoms with Crippen molar-refractivity contribution in [2.24, 2.45) is 5.41 Å². The lowest BCUT2D eigenvalue weighted by atomic mass is 9.86. The van der Waals surface area contributed by atoms with Gasteiger partial charge in [0.05, 0.1) is 17.3 Å². The average Bonchev–Trinajstić information content (AvgIpc) is 2.76. The Morgan fingerprint density at radius 1 is 1.25 bits per heavy atom. The highest BCUT2D eigenvalue weighted by Gasteiger charge is 2.21. The van der Waals surface area contributed by atoms with Crippen molar-refractivity contribution in [2.45, 2.75) is 59.6 Å². The van der Waals surface area contributed by atoms with E-state index in [0.29, 0.717) is 0 Å². The molecule has 1 heterocycles. The van der Waals surface area contributed by atoms with Crippen molar-refractivity contribution in [1.82, 2.24) is 9.78 Å². The van der Waals surface area contributed by atoms with Crippen molar-refractivity contribution in [3.63, 3.8) is 0 Å². The molecule has 3 heteroatoms. The van der Waals surface area contributed by atoms with Crippen LogP contribution in [0.5, 0.6) is 0 Å². The molecule has 0 aliphatic heterocycles. The number of hydrogen-bond donors (Lipinski definition) is 1. The number of para-hydroxylation sites is 1. The minimum atomic E-state index is -0.248. The number of hydrogen-bond acceptors (Lipinski definition) is 2. The maximum absolute atomic E-state index is 10.1. The van der Waals surface area contributed by atoms with Crippen LogP contribution in [0.3, 0.4) is 0 Å². The van der Waals surface area contributed by atoms with E-state index in [0.717, 1.165) is 31.5 Å². The average molecular weight is 274 g/mol. The summed E-state index contributed by atoms with van der Waals surface area (Å²) in [5, 5.41) is 16.1. The zero-order chi connectivity index (χ0) is 14.8. The van der Waals surface area contributed by atoms with E-state index in [1.165, 1.54) is 10.9 Å². The highest BCUT2D eigenvalue weighted by molar-refractivity contribution is 5.81. The van der Waals surface area contributed by atoms with Crippen LogP contribution in [0, 0.1) is 5.41 Å². The van der Waals surface area contributed by atoms with Gasteiger partial charge in [0.15, 0.2) is 0 Å². The van der Waals surface area contributed by atoms with Gasteiger partial charge in [-0.3, -0.25) is 4.68 Å². The SMILES string of the molecule is CCn1nc(CCCC(O)C(C)(C)C)c2ccccc21. The summed E-state index contributed by atoms with van der Waals surface area (Å²) >= 11 is 0. The van der Waals surface area contributed by atoms with Gasteiger partial charge in [0.25, 0.3) is 0 Å². The third-order valence-electron chi connectivity index (χ3n) is 3.92. The molecule has 0 saturated heterocycles. The van der Waals surface area contributed by atoms with E-state index in [1.54, 1.807) is 0 Å². The Morgan fingerprint density at radius 3 is 2.60 bits per heavy atom. The first-order valence-electron chi connectivity index (χ1n) is 7.56. The summed E-state index contributed by atoms with van der Waals surface area (Å²) in [7, 11) is 0. The standard InChI is InChI=1S/C17H26N2O/c1-5-19-15-11-7-6-9-13(15)14(18-19)10-8-12-16(20)17(2,3)4/h6-7,9,11,16,20H,5,8,10,12H2,1-4H3. The summed E-state index contributed by atoms with van der Waals surface area (Å²) < 4.78 is 2.06. The molecule has 20 heavy (non-hydrogen) atoms. The lowest BCUT2D eigenvalue weighted by molar-refractivity contribution is 0.0540. The first kappa shape index (κ1) is 15.0. The molecule has 2 aromatic rings. The van der Waals surface area contributed by atoms with Crippen molar-refractivity contribution in [2.75, 3.05) is 0 Å². The zero-order valence-electron chi connectivity index (χ0n) is 13.1. The number of aryl methyl sites for hydroxylation is 2. The molecule has 1 N–H and O–H groups in total. The number of aromatic nitrogens is 2. The molecule has 2 rings (SSSR count). The summed E-state index contributed by atoms with van der Waals surface area (Å²) in [6, 6.07) is 8.39. The first-order chi connectivity index (χ1) is 9.43. The quantitative estimate of drug-likeness (QED) is 0.901. The smallest absolute Gasteiger partial charge is 0.0703 e. The molecular weight excluding hydrogens is 248 g/mol. The number of nitrogens with zero attached hydrogens (tertiary/aromatic N) is 2. The molecule has 0 fully saturated rings. The van der Waals surface area contributed by atoms with Crippen LogP contribution < -0.4 is 0 Å². The summed E-state index contributed by atoms with van der Waals surface area (Å²) in [5.41, 5.74) is 2.33. The van der Waals surface area contributed by atoms with Gasteiger partial charge in [-0.15, -0.1) is 0 Å². The maximum atomic E-state index is 10.1.